The number of ether oxygens (including phenoxy) is 1. The van der Waals surface area contributed by atoms with Crippen LogP contribution in [0.25, 0.3) is 11.3 Å². The van der Waals surface area contributed by atoms with Gasteiger partial charge in [0.1, 0.15) is 23.3 Å². The zero-order chi connectivity index (χ0) is 25.4. The van der Waals surface area contributed by atoms with E-state index >= 15 is 0 Å². The van der Waals surface area contributed by atoms with Crippen LogP contribution in [0.15, 0.2) is 83.4 Å². The summed E-state index contributed by atoms with van der Waals surface area (Å²) in [6.45, 7) is 0. The summed E-state index contributed by atoms with van der Waals surface area (Å²) in [5.41, 5.74) is 2.68. The molecule has 1 aliphatic heterocycles. The molecule has 2 aromatic carbocycles. The predicted octanol–water partition coefficient (Wildman–Crippen LogP) is 8.15. The second kappa shape index (κ2) is 10.4. The third kappa shape index (κ3) is 4.93. The lowest BCUT2D eigenvalue weighted by Crippen LogP contribution is -2.29. The summed E-state index contributed by atoms with van der Waals surface area (Å²) < 4.78 is 12.6. The van der Waals surface area contributed by atoms with Crippen LogP contribution in [-0.2, 0) is 0 Å². The van der Waals surface area contributed by atoms with Crippen LogP contribution in [0.4, 0.5) is 5.69 Å². The Morgan fingerprint density at radius 1 is 0.946 bits per heavy atom. The second-order valence-corrected chi connectivity index (χ2v) is 10.5. The van der Waals surface area contributed by atoms with Crippen molar-refractivity contribution in [1.82, 2.24) is 10.3 Å². The Hall–Kier alpha value is -3.06. The highest BCUT2D eigenvalue weighted by molar-refractivity contribution is 7.80. The molecule has 0 amide bonds. The lowest BCUT2D eigenvalue weighted by Gasteiger charge is -2.26. The first kappa shape index (κ1) is 24.3. The van der Waals surface area contributed by atoms with Gasteiger partial charge in [0.05, 0.1) is 27.9 Å². The fourth-order valence-electron chi connectivity index (χ4n) is 5.12. The first-order valence-corrected chi connectivity index (χ1v) is 13.6. The van der Waals surface area contributed by atoms with Gasteiger partial charge >= 0.3 is 0 Å². The molecule has 2 fully saturated rings. The van der Waals surface area contributed by atoms with Crippen molar-refractivity contribution in [2.24, 2.45) is 0 Å². The minimum atomic E-state index is -0.250. The molecular formula is C29H25Cl2N3O2S. The summed E-state index contributed by atoms with van der Waals surface area (Å²) in [5, 5.41) is 5.06. The van der Waals surface area contributed by atoms with Gasteiger partial charge in [-0.25, -0.2) is 0 Å². The Labute approximate surface area is 231 Å². The van der Waals surface area contributed by atoms with Gasteiger partial charge < -0.3 is 19.4 Å². The Balaban J connectivity index is 1.35. The number of furan rings is 1. The highest BCUT2D eigenvalue weighted by Gasteiger charge is 2.42. The molecule has 37 heavy (non-hydrogen) atoms. The Bertz CT molecular complexity index is 1400. The predicted molar refractivity (Wildman–Crippen MR) is 151 cm³/mol. The van der Waals surface area contributed by atoms with Crippen LogP contribution >= 0.6 is 35.4 Å². The number of benzene rings is 2. The van der Waals surface area contributed by atoms with E-state index in [1.54, 1.807) is 18.3 Å². The highest BCUT2D eigenvalue weighted by Crippen LogP contribution is 2.43. The van der Waals surface area contributed by atoms with Crippen LogP contribution in [0.2, 0.25) is 10.0 Å². The molecule has 2 unspecified atom stereocenters. The molecule has 8 heteroatoms. The van der Waals surface area contributed by atoms with E-state index in [0.717, 1.165) is 41.3 Å². The number of pyridine rings is 1. The molecule has 0 spiro atoms. The minimum absolute atomic E-state index is 0.198. The van der Waals surface area contributed by atoms with E-state index in [-0.39, 0.29) is 12.1 Å². The van der Waals surface area contributed by atoms with E-state index in [1.165, 1.54) is 12.8 Å². The van der Waals surface area contributed by atoms with Gasteiger partial charge in [0.15, 0.2) is 5.11 Å². The largest absolute Gasteiger partial charge is 0.490 e. The summed E-state index contributed by atoms with van der Waals surface area (Å²) in [5.74, 6) is 2.34. The van der Waals surface area contributed by atoms with Crippen molar-refractivity contribution >= 4 is 46.2 Å². The normalized spacial score (nSPS) is 19.8. The number of rotatable bonds is 6. The average Bonchev–Trinajstić information content (AvgIpc) is 3.67. The molecule has 0 bridgehead atoms. The third-order valence-corrected chi connectivity index (χ3v) is 7.99. The first-order chi connectivity index (χ1) is 18.1. The quantitative estimate of drug-likeness (QED) is 0.245. The number of nitrogens with zero attached hydrogens (tertiary/aromatic N) is 2. The highest BCUT2D eigenvalue weighted by atomic mass is 35.5. The van der Waals surface area contributed by atoms with Crippen LogP contribution in [0.3, 0.4) is 0 Å². The maximum Gasteiger partial charge on any atom is 0.174 e. The van der Waals surface area contributed by atoms with E-state index in [2.05, 4.69) is 27.3 Å². The van der Waals surface area contributed by atoms with Gasteiger partial charge in [-0.3, -0.25) is 4.98 Å². The number of hydrogen-bond acceptors (Lipinski definition) is 4. The molecule has 4 aromatic rings. The van der Waals surface area contributed by atoms with E-state index in [4.69, 9.17) is 44.6 Å². The van der Waals surface area contributed by atoms with E-state index in [0.29, 0.717) is 27.0 Å². The van der Waals surface area contributed by atoms with Crippen molar-refractivity contribution in [2.45, 2.75) is 43.9 Å². The molecular weight excluding hydrogens is 525 g/mol. The number of nitrogens with one attached hydrogen (secondary N) is 1. The molecule has 1 aliphatic carbocycles. The van der Waals surface area contributed by atoms with Crippen molar-refractivity contribution in [3.63, 3.8) is 0 Å². The van der Waals surface area contributed by atoms with Crippen LogP contribution < -0.4 is 15.0 Å². The zero-order valence-corrected chi connectivity index (χ0v) is 22.3. The van der Waals surface area contributed by atoms with E-state index in [9.17, 15) is 0 Å². The maximum absolute atomic E-state index is 6.42. The fraction of sp³-hybridized carbons (Fsp3) is 0.241. The Morgan fingerprint density at radius 2 is 1.76 bits per heavy atom. The molecule has 2 atom stereocenters. The monoisotopic (exact) mass is 549 g/mol. The average molecular weight is 551 g/mol. The number of aromatic nitrogens is 1. The number of thiocarbonyl (C=S) groups is 1. The number of anilines is 1. The lowest BCUT2D eigenvalue weighted by molar-refractivity contribution is 0.210. The SMILES string of the molecule is S=C1NC(c2ccccn2)C(c2ccc(-c3ccc(Cl)c(Cl)c3)o2)N1c1ccc(OC2CCCC2)cc1. The molecule has 1 N–H and O–H groups in total. The first-order valence-electron chi connectivity index (χ1n) is 12.4. The van der Waals surface area contributed by atoms with Gasteiger partial charge in [-0.05, 0) is 105 Å². The Morgan fingerprint density at radius 3 is 2.49 bits per heavy atom. The summed E-state index contributed by atoms with van der Waals surface area (Å²) in [7, 11) is 0. The molecule has 2 aliphatic rings. The van der Waals surface area contributed by atoms with Gasteiger partial charge in [-0.2, -0.15) is 0 Å². The molecule has 6 rings (SSSR count). The molecule has 188 valence electrons. The number of hydrogen-bond donors (Lipinski definition) is 1. The van der Waals surface area contributed by atoms with Gasteiger partial charge in [0, 0.05) is 17.4 Å². The lowest BCUT2D eigenvalue weighted by atomic mass is 10.0. The van der Waals surface area contributed by atoms with Gasteiger partial charge in [-0.15, -0.1) is 0 Å². The molecule has 5 nitrogen and oxygen atoms in total. The summed E-state index contributed by atoms with van der Waals surface area (Å²) >= 11 is 18.2. The molecule has 3 heterocycles. The van der Waals surface area contributed by atoms with Crippen molar-refractivity contribution in [1.29, 1.82) is 0 Å². The smallest absolute Gasteiger partial charge is 0.174 e. The summed E-state index contributed by atoms with van der Waals surface area (Å²) in [4.78, 5) is 6.70. The topological polar surface area (TPSA) is 50.5 Å². The molecule has 2 aromatic heterocycles. The number of halogens is 2. The van der Waals surface area contributed by atoms with Crippen molar-refractivity contribution in [2.75, 3.05) is 4.90 Å². The third-order valence-electron chi connectivity index (χ3n) is 6.94. The van der Waals surface area contributed by atoms with Crippen molar-refractivity contribution in [3.8, 4) is 17.1 Å². The van der Waals surface area contributed by atoms with Crippen molar-refractivity contribution in [3.05, 3.63) is 100 Å². The van der Waals surface area contributed by atoms with E-state index in [1.807, 2.05) is 48.5 Å². The van der Waals surface area contributed by atoms with Crippen LogP contribution in [0.5, 0.6) is 5.75 Å². The minimum Gasteiger partial charge on any atom is -0.490 e. The summed E-state index contributed by atoms with van der Waals surface area (Å²) in [6.07, 6.45) is 6.81. The van der Waals surface area contributed by atoms with Gasteiger partial charge in [-0.1, -0.05) is 29.3 Å². The zero-order valence-electron chi connectivity index (χ0n) is 19.9. The second-order valence-electron chi connectivity index (χ2n) is 9.35. The molecule has 1 saturated carbocycles. The Kier molecular flexibility index (Phi) is 6.80. The fourth-order valence-corrected chi connectivity index (χ4v) is 5.77. The van der Waals surface area contributed by atoms with E-state index < -0.39 is 0 Å². The van der Waals surface area contributed by atoms with Crippen LogP contribution in [-0.4, -0.2) is 16.2 Å². The molecule has 0 radical (unpaired) electrons. The van der Waals surface area contributed by atoms with Gasteiger partial charge in [0.25, 0.3) is 0 Å². The van der Waals surface area contributed by atoms with Crippen LogP contribution in [0.1, 0.15) is 49.2 Å². The maximum atomic E-state index is 6.42. The molecule has 1 saturated heterocycles. The van der Waals surface area contributed by atoms with Crippen LogP contribution in [0, 0.1) is 0 Å². The van der Waals surface area contributed by atoms with Crippen molar-refractivity contribution < 1.29 is 9.15 Å². The summed E-state index contributed by atoms with van der Waals surface area (Å²) in [6, 6.07) is 23.0. The van der Waals surface area contributed by atoms with Gasteiger partial charge in [0.2, 0.25) is 0 Å². The standard InChI is InChI=1S/C29H25Cl2N3O2S/c30-22-13-8-18(17-23(22)31)25-14-15-26(36-25)28-27(24-7-3-4-16-32-24)33-29(37)34(28)19-9-11-21(12-10-19)35-20-5-1-2-6-20/h3-4,7-17,20,27-28H,1-2,5-6H2,(H,33,37).